The van der Waals surface area contributed by atoms with Crippen molar-refractivity contribution in [1.29, 1.82) is 0 Å². The van der Waals surface area contributed by atoms with Crippen molar-refractivity contribution >= 4 is 11.8 Å². The topological polar surface area (TPSA) is 12.0 Å². The van der Waals surface area contributed by atoms with Crippen molar-refractivity contribution < 1.29 is 13.2 Å². The number of benzene rings is 2. The predicted octanol–water partition coefficient (Wildman–Crippen LogP) is 4.16. The molecule has 0 spiro atoms. The summed E-state index contributed by atoms with van der Waals surface area (Å²) in [5, 5.41) is 2.87. The Balaban J connectivity index is 2.16. The van der Waals surface area contributed by atoms with Crippen molar-refractivity contribution in [1.82, 2.24) is 5.32 Å². The highest BCUT2D eigenvalue weighted by Crippen LogP contribution is 2.28. The summed E-state index contributed by atoms with van der Waals surface area (Å²) in [7, 11) is 1.62. The highest BCUT2D eigenvalue weighted by Gasteiger charge is 2.19. The molecule has 0 aliphatic carbocycles. The lowest BCUT2D eigenvalue weighted by atomic mass is 10.1. The van der Waals surface area contributed by atoms with Crippen LogP contribution < -0.4 is 5.32 Å². The van der Waals surface area contributed by atoms with Crippen LogP contribution in [0, 0.1) is 17.5 Å². The van der Waals surface area contributed by atoms with Gasteiger partial charge >= 0.3 is 0 Å². The van der Waals surface area contributed by atoms with E-state index < -0.39 is 17.7 Å². The lowest BCUT2D eigenvalue weighted by Gasteiger charge is -2.17. The molecule has 20 heavy (non-hydrogen) atoms. The van der Waals surface area contributed by atoms with Crippen LogP contribution in [0.3, 0.4) is 0 Å². The Labute approximate surface area is 120 Å². The molecule has 0 heterocycles. The molecule has 1 unspecified atom stereocenters. The molecule has 0 aromatic heterocycles. The van der Waals surface area contributed by atoms with Crippen LogP contribution in [0.25, 0.3) is 0 Å². The summed E-state index contributed by atoms with van der Waals surface area (Å²) in [6.45, 7) is 0. The van der Waals surface area contributed by atoms with Crippen molar-refractivity contribution in [3.8, 4) is 0 Å². The largest absolute Gasteiger partial charge is 0.312 e. The molecule has 2 rings (SSSR count). The molecular weight excluding hydrogens is 283 g/mol. The monoisotopic (exact) mass is 297 g/mol. The maximum atomic E-state index is 13.7. The van der Waals surface area contributed by atoms with Gasteiger partial charge in [0.15, 0.2) is 0 Å². The predicted molar refractivity (Wildman–Crippen MR) is 75.3 cm³/mol. The second-order valence-corrected chi connectivity index (χ2v) is 5.28. The average molecular weight is 297 g/mol. The van der Waals surface area contributed by atoms with E-state index in [0.717, 1.165) is 0 Å². The number of nitrogens with one attached hydrogen (secondary N) is 1. The first-order valence-electron chi connectivity index (χ1n) is 6.12. The summed E-state index contributed by atoms with van der Waals surface area (Å²) in [4.78, 5) is 0.462. The van der Waals surface area contributed by atoms with E-state index in [1.807, 2.05) is 0 Å². The van der Waals surface area contributed by atoms with Crippen molar-refractivity contribution in [3.05, 3.63) is 65.5 Å². The molecular formula is C15H14F3NS. The van der Waals surface area contributed by atoms with E-state index in [1.54, 1.807) is 25.2 Å². The van der Waals surface area contributed by atoms with E-state index in [1.165, 1.54) is 36.0 Å². The molecule has 106 valence electrons. The highest BCUT2D eigenvalue weighted by molar-refractivity contribution is 7.99. The van der Waals surface area contributed by atoms with Crippen LogP contribution in [0.1, 0.15) is 11.6 Å². The molecule has 0 aliphatic heterocycles. The van der Waals surface area contributed by atoms with Gasteiger partial charge in [0.1, 0.15) is 17.5 Å². The van der Waals surface area contributed by atoms with E-state index in [4.69, 9.17) is 0 Å². The van der Waals surface area contributed by atoms with E-state index in [9.17, 15) is 13.2 Å². The van der Waals surface area contributed by atoms with Crippen LogP contribution in [0.2, 0.25) is 0 Å². The first-order valence-corrected chi connectivity index (χ1v) is 7.10. The molecule has 5 heteroatoms. The minimum Gasteiger partial charge on any atom is -0.312 e. The fraction of sp³-hybridized carbons (Fsp3) is 0.200. The minimum absolute atomic E-state index is 0.0150. The van der Waals surface area contributed by atoms with Gasteiger partial charge in [0.05, 0.1) is 0 Å². The molecule has 1 nitrogen and oxygen atoms in total. The number of thioether (sulfide) groups is 1. The third kappa shape index (κ3) is 3.35. The molecule has 1 N–H and O–H groups in total. The maximum absolute atomic E-state index is 13.7. The molecule has 1 atom stereocenters. The second-order valence-electron chi connectivity index (χ2n) is 4.22. The molecule has 0 saturated carbocycles. The summed E-state index contributed by atoms with van der Waals surface area (Å²) in [5.74, 6) is -1.20. The van der Waals surface area contributed by atoms with Gasteiger partial charge in [-0.05, 0) is 31.3 Å². The molecule has 0 radical (unpaired) electrons. The average Bonchev–Trinajstić information content (AvgIpc) is 2.43. The summed E-state index contributed by atoms with van der Waals surface area (Å²) in [5.41, 5.74) is -0.0150. The Bertz CT molecular complexity index is 569. The standard InChI is InChI=1S/C15H14F3NS/c1-19-13(15-11(17)6-4-7-12(15)18)9-20-14-8-3-2-5-10(14)16/h2-8,13,19H,9H2,1H3. The van der Waals surface area contributed by atoms with Crippen molar-refractivity contribution in [2.24, 2.45) is 0 Å². The van der Waals surface area contributed by atoms with Gasteiger partial charge in [-0.2, -0.15) is 0 Å². The van der Waals surface area contributed by atoms with Crippen molar-refractivity contribution in [2.75, 3.05) is 12.8 Å². The molecule has 0 fully saturated rings. The van der Waals surface area contributed by atoms with Crippen molar-refractivity contribution in [2.45, 2.75) is 10.9 Å². The first kappa shape index (κ1) is 14.9. The SMILES string of the molecule is CNC(CSc1ccccc1F)c1c(F)cccc1F. The minimum atomic E-state index is -0.599. The highest BCUT2D eigenvalue weighted by atomic mass is 32.2. The van der Waals surface area contributed by atoms with Gasteiger partial charge in [-0.3, -0.25) is 0 Å². The number of rotatable bonds is 5. The number of hydrogen-bond donors (Lipinski definition) is 1. The third-order valence-corrected chi connectivity index (χ3v) is 4.08. The summed E-state index contributed by atoms with van der Waals surface area (Å²) >= 11 is 1.22. The van der Waals surface area contributed by atoms with E-state index in [0.29, 0.717) is 10.6 Å². The fourth-order valence-electron chi connectivity index (χ4n) is 1.89. The van der Waals surface area contributed by atoms with Crippen LogP contribution in [-0.2, 0) is 0 Å². The van der Waals surface area contributed by atoms with Gasteiger partial charge in [0, 0.05) is 22.3 Å². The molecule has 0 saturated heterocycles. The maximum Gasteiger partial charge on any atom is 0.136 e. The molecule has 2 aromatic rings. The van der Waals surface area contributed by atoms with E-state index in [-0.39, 0.29) is 11.4 Å². The summed E-state index contributed by atoms with van der Waals surface area (Å²) < 4.78 is 41.0. The van der Waals surface area contributed by atoms with Crippen LogP contribution >= 0.6 is 11.8 Å². The van der Waals surface area contributed by atoms with Gasteiger partial charge in [0.2, 0.25) is 0 Å². The van der Waals surface area contributed by atoms with Crippen LogP contribution in [0.15, 0.2) is 47.4 Å². The van der Waals surface area contributed by atoms with Crippen LogP contribution in [0.5, 0.6) is 0 Å². The van der Waals surface area contributed by atoms with E-state index >= 15 is 0 Å². The lowest BCUT2D eigenvalue weighted by Crippen LogP contribution is -2.21. The molecule has 0 bridgehead atoms. The molecule has 0 aliphatic rings. The summed E-state index contributed by atoms with van der Waals surface area (Å²) in [6, 6.07) is 9.57. The Morgan fingerprint density at radius 1 is 0.950 bits per heavy atom. The van der Waals surface area contributed by atoms with Gasteiger partial charge in [-0.1, -0.05) is 18.2 Å². The van der Waals surface area contributed by atoms with Gasteiger partial charge in [-0.25, -0.2) is 13.2 Å². The molecule has 2 aromatic carbocycles. The number of halogens is 3. The third-order valence-electron chi connectivity index (χ3n) is 2.94. The summed E-state index contributed by atoms with van der Waals surface area (Å²) in [6.07, 6.45) is 0. The quantitative estimate of drug-likeness (QED) is 0.832. The number of hydrogen-bond acceptors (Lipinski definition) is 2. The van der Waals surface area contributed by atoms with E-state index in [2.05, 4.69) is 5.32 Å². The second kappa shape index (κ2) is 6.81. The van der Waals surface area contributed by atoms with Crippen LogP contribution in [0.4, 0.5) is 13.2 Å². The lowest BCUT2D eigenvalue weighted by molar-refractivity contribution is 0.513. The van der Waals surface area contributed by atoms with Gasteiger partial charge in [0.25, 0.3) is 0 Å². The van der Waals surface area contributed by atoms with Gasteiger partial charge < -0.3 is 5.32 Å². The zero-order valence-corrected chi connectivity index (χ0v) is 11.7. The van der Waals surface area contributed by atoms with Gasteiger partial charge in [-0.15, -0.1) is 11.8 Å². The first-order chi connectivity index (χ1) is 9.63. The smallest absolute Gasteiger partial charge is 0.136 e. The Morgan fingerprint density at radius 3 is 2.15 bits per heavy atom. The Morgan fingerprint density at radius 2 is 1.55 bits per heavy atom. The normalized spacial score (nSPS) is 12.4. The zero-order chi connectivity index (χ0) is 14.5. The fourth-order valence-corrected chi connectivity index (χ4v) is 2.95. The zero-order valence-electron chi connectivity index (χ0n) is 10.9. The van der Waals surface area contributed by atoms with Crippen LogP contribution in [-0.4, -0.2) is 12.8 Å². The van der Waals surface area contributed by atoms with Crippen molar-refractivity contribution in [3.63, 3.8) is 0 Å². The molecule has 0 amide bonds. The Kier molecular flexibility index (Phi) is 5.09. The Hall–Kier alpha value is -1.46.